The second kappa shape index (κ2) is 8.74. The highest BCUT2D eigenvalue weighted by molar-refractivity contribution is 6.18. The molecule has 0 heterocycles. The van der Waals surface area contributed by atoms with Gasteiger partial charge < -0.3 is 9.80 Å². The van der Waals surface area contributed by atoms with Crippen LogP contribution in [0.15, 0.2) is 12.7 Å². The van der Waals surface area contributed by atoms with Crippen LogP contribution in [0.3, 0.4) is 0 Å². The largest absolute Gasteiger partial charge is 0.325 e. The van der Waals surface area contributed by atoms with E-state index < -0.39 is 0 Å². The van der Waals surface area contributed by atoms with Crippen LogP contribution >= 0.6 is 11.6 Å². The van der Waals surface area contributed by atoms with Crippen LogP contribution in [0.5, 0.6) is 0 Å². The molecule has 0 aliphatic rings. The number of halogens is 1. The molecular weight excluding hydrogens is 212 g/mol. The zero-order chi connectivity index (χ0) is 11.7. The van der Waals surface area contributed by atoms with E-state index >= 15 is 0 Å². The molecule has 88 valence electrons. The van der Waals surface area contributed by atoms with Gasteiger partial charge in [-0.25, -0.2) is 0 Å². The maximum atomic E-state index is 11.3. The molecular formula is C11H21ClN2O. The van der Waals surface area contributed by atoms with E-state index in [-0.39, 0.29) is 11.9 Å². The Balaban J connectivity index is 3.81. The third kappa shape index (κ3) is 5.80. The molecule has 3 nitrogen and oxygen atoms in total. The van der Waals surface area contributed by atoms with Gasteiger partial charge in [0.1, 0.15) is 0 Å². The molecule has 15 heavy (non-hydrogen) atoms. The molecule has 1 amide bonds. The lowest BCUT2D eigenvalue weighted by Crippen LogP contribution is -2.32. The summed E-state index contributed by atoms with van der Waals surface area (Å²) in [4.78, 5) is 15.2. The summed E-state index contributed by atoms with van der Waals surface area (Å²) in [5, 5.41) is 0. The first kappa shape index (κ1) is 14.5. The van der Waals surface area contributed by atoms with E-state index in [1.54, 1.807) is 4.90 Å². The highest BCUT2D eigenvalue weighted by atomic mass is 35.5. The van der Waals surface area contributed by atoms with Crippen molar-refractivity contribution < 1.29 is 4.79 Å². The number of nitrogens with zero attached hydrogens (tertiary/aromatic N) is 2. The number of hydrogen-bond donors (Lipinski definition) is 0. The molecule has 0 aromatic carbocycles. The second-order valence-electron chi connectivity index (χ2n) is 3.31. The molecule has 0 spiro atoms. The zero-order valence-electron chi connectivity index (χ0n) is 9.71. The van der Waals surface area contributed by atoms with Gasteiger partial charge in [0.2, 0.25) is 5.91 Å². The molecule has 0 N–H and O–H groups in total. The molecule has 0 aliphatic heterocycles. The van der Waals surface area contributed by atoms with E-state index in [2.05, 4.69) is 25.3 Å². The van der Waals surface area contributed by atoms with Crippen LogP contribution in [0.2, 0.25) is 0 Å². The molecule has 4 heteroatoms. The predicted molar refractivity (Wildman–Crippen MR) is 65.0 cm³/mol. The van der Waals surface area contributed by atoms with Crippen LogP contribution in [0.1, 0.15) is 20.3 Å². The van der Waals surface area contributed by atoms with Gasteiger partial charge in [-0.2, -0.15) is 0 Å². The molecule has 0 saturated carbocycles. The first-order valence-corrected chi connectivity index (χ1v) is 5.92. The van der Waals surface area contributed by atoms with Gasteiger partial charge in [-0.3, -0.25) is 4.79 Å². The summed E-state index contributed by atoms with van der Waals surface area (Å²) in [5.74, 6) is -0.0930. The SMILES string of the molecule is C=CC(=O)N(CCl)CCCN(CC)CC. The van der Waals surface area contributed by atoms with Crippen molar-refractivity contribution in [3.8, 4) is 0 Å². The van der Waals surface area contributed by atoms with E-state index in [4.69, 9.17) is 11.6 Å². The molecule has 0 aliphatic carbocycles. The topological polar surface area (TPSA) is 23.6 Å². The van der Waals surface area contributed by atoms with Gasteiger partial charge in [0.25, 0.3) is 0 Å². The van der Waals surface area contributed by atoms with Crippen molar-refractivity contribution in [1.29, 1.82) is 0 Å². The Kier molecular flexibility index (Phi) is 8.43. The normalized spacial score (nSPS) is 10.4. The molecule has 0 bridgehead atoms. The van der Waals surface area contributed by atoms with Gasteiger partial charge in [0.15, 0.2) is 0 Å². The van der Waals surface area contributed by atoms with E-state index in [0.29, 0.717) is 6.54 Å². The minimum Gasteiger partial charge on any atom is -0.325 e. The molecule has 0 atom stereocenters. The summed E-state index contributed by atoms with van der Waals surface area (Å²) in [6.07, 6.45) is 2.26. The summed E-state index contributed by atoms with van der Waals surface area (Å²) in [6.45, 7) is 11.5. The van der Waals surface area contributed by atoms with Crippen LogP contribution in [-0.4, -0.2) is 47.9 Å². The molecule has 0 radical (unpaired) electrons. The van der Waals surface area contributed by atoms with Crippen molar-refractivity contribution in [3.05, 3.63) is 12.7 Å². The van der Waals surface area contributed by atoms with E-state index in [1.807, 2.05) is 0 Å². The minimum atomic E-state index is -0.0930. The van der Waals surface area contributed by atoms with E-state index in [9.17, 15) is 4.79 Å². The van der Waals surface area contributed by atoms with Crippen LogP contribution in [0.25, 0.3) is 0 Å². The molecule has 0 aromatic heterocycles. The van der Waals surface area contributed by atoms with E-state index in [0.717, 1.165) is 26.1 Å². The van der Waals surface area contributed by atoms with Gasteiger partial charge in [0, 0.05) is 6.54 Å². The Labute approximate surface area is 97.7 Å². The Hall–Kier alpha value is -0.540. The summed E-state index contributed by atoms with van der Waals surface area (Å²) >= 11 is 5.67. The van der Waals surface area contributed by atoms with Crippen molar-refractivity contribution in [2.75, 3.05) is 32.2 Å². The highest BCUT2D eigenvalue weighted by Gasteiger charge is 2.08. The van der Waals surface area contributed by atoms with Crippen LogP contribution in [-0.2, 0) is 4.79 Å². The van der Waals surface area contributed by atoms with Gasteiger partial charge >= 0.3 is 0 Å². The third-order valence-corrected chi connectivity index (χ3v) is 2.72. The van der Waals surface area contributed by atoms with Crippen molar-refractivity contribution >= 4 is 17.5 Å². The predicted octanol–water partition coefficient (Wildman–Crippen LogP) is 1.93. The van der Waals surface area contributed by atoms with Crippen molar-refractivity contribution in [2.45, 2.75) is 20.3 Å². The Morgan fingerprint density at radius 1 is 1.33 bits per heavy atom. The van der Waals surface area contributed by atoms with Crippen LogP contribution in [0.4, 0.5) is 0 Å². The zero-order valence-corrected chi connectivity index (χ0v) is 10.5. The standard InChI is InChI=1S/C11H21ClN2O/c1-4-11(15)14(10-12)9-7-8-13(5-2)6-3/h4H,1,5-10H2,2-3H3. The van der Waals surface area contributed by atoms with Gasteiger partial charge in [-0.15, -0.1) is 11.6 Å². The maximum Gasteiger partial charge on any atom is 0.246 e. The molecule has 0 unspecified atom stereocenters. The monoisotopic (exact) mass is 232 g/mol. The average Bonchev–Trinajstić information content (AvgIpc) is 2.28. The number of hydrogen-bond acceptors (Lipinski definition) is 2. The first-order chi connectivity index (χ1) is 7.19. The summed E-state index contributed by atoms with van der Waals surface area (Å²) in [7, 11) is 0. The number of carbonyl (C=O) groups excluding carboxylic acids is 1. The Morgan fingerprint density at radius 2 is 1.93 bits per heavy atom. The quantitative estimate of drug-likeness (QED) is 0.363. The smallest absolute Gasteiger partial charge is 0.246 e. The maximum absolute atomic E-state index is 11.3. The highest BCUT2D eigenvalue weighted by Crippen LogP contribution is 1.98. The Morgan fingerprint density at radius 3 is 2.33 bits per heavy atom. The van der Waals surface area contributed by atoms with Gasteiger partial charge in [-0.05, 0) is 32.1 Å². The number of alkyl halides is 1. The summed E-state index contributed by atoms with van der Waals surface area (Å²) in [6, 6.07) is 0.239. The van der Waals surface area contributed by atoms with E-state index in [1.165, 1.54) is 6.08 Å². The fourth-order valence-corrected chi connectivity index (χ4v) is 1.62. The van der Waals surface area contributed by atoms with Gasteiger partial charge in [-0.1, -0.05) is 20.4 Å². The summed E-state index contributed by atoms with van der Waals surface area (Å²) in [5.41, 5.74) is 0. The molecule has 0 saturated heterocycles. The number of rotatable bonds is 8. The second-order valence-corrected chi connectivity index (χ2v) is 3.54. The van der Waals surface area contributed by atoms with Crippen molar-refractivity contribution in [2.24, 2.45) is 0 Å². The molecule has 0 aromatic rings. The Bertz CT molecular complexity index is 193. The fourth-order valence-electron chi connectivity index (χ4n) is 1.38. The lowest BCUT2D eigenvalue weighted by Gasteiger charge is -2.21. The van der Waals surface area contributed by atoms with Crippen LogP contribution < -0.4 is 0 Å². The lowest BCUT2D eigenvalue weighted by molar-refractivity contribution is -0.125. The third-order valence-electron chi connectivity index (χ3n) is 2.43. The van der Waals surface area contributed by atoms with Crippen molar-refractivity contribution in [1.82, 2.24) is 9.80 Å². The van der Waals surface area contributed by atoms with Crippen LogP contribution in [0, 0.1) is 0 Å². The lowest BCUT2D eigenvalue weighted by atomic mass is 10.3. The number of carbonyl (C=O) groups is 1. The summed E-state index contributed by atoms with van der Waals surface area (Å²) < 4.78 is 0. The first-order valence-electron chi connectivity index (χ1n) is 5.39. The molecule has 0 rings (SSSR count). The van der Waals surface area contributed by atoms with Gasteiger partial charge in [0.05, 0.1) is 6.00 Å². The van der Waals surface area contributed by atoms with Crippen molar-refractivity contribution in [3.63, 3.8) is 0 Å². The average molecular weight is 233 g/mol. The number of amides is 1. The fraction of sp³-hybridized carbons (Fsp3) is 0.727. The molecule has 0 fully saturated rings. The minimum absolute atomic E-state index is 0.0930.